The summed E-state index contributed by atoms with van der Waals surface area (Å²) in [7, 11) is 0. The molecule has 0 bridgehead atoms. The van der Waals surface area contributed by atoms with Crippen LogP contribution in [0.25, 0.3) is 0 Å². The molecule has 0 amide bonds. The highest BCUT2D eigenvalue weighted by Crippen LogP contribution is 2.08. The Kier molecular flexibility index (Phi) is 3.99. The summed E-state index contributed by atoms with van der Waals surface area (Å²) in [5.41, 5.74) is 0. The van der Waals surface area contributed by atoms with Crippen LogP contribution in [0.4, 0.5) is 0 Å². The lowest BCUT2D eigenvalue weighted by Crippen LogP contribution is -1.98. The van der Waals surface area contributed by atoms with Crippen LogP contribution in [-0.4, -0.2) is 21.9 Å². The molecular weight excluding hydrogens is 156 g/mol. The van der Waals surface area contributed by atoms with Gasteiger partial charge >= 0.3 is 0 Å². The molecule has 0 aliphatic rings. The molecule has 58 valence electrons. The summed E-state index contributed by atoms with van der Waals surface area (Å²) in [5, 5.41) is 12.0. The molecule has 0 aliphatic carbocycles. The predicted octanol–water partition coefficient (Wildman–Crippen LogP) is 0.587. The predicted molar refractivity (Wildman–Crippen MR) is 37.0 cm³/mol. The number of rotatable bonds is 2. The number of aliphatic hydroxyl groups is 1. The number of hydrogen-bond donors (Lipinski definition) is 1. The maximum atomic E-state index is 8.58. The van der Waals surface area contributed by atoms with Crippen molar-refractivity contribution in [3.05, 3.63) is 12.2 Å². The molecule has 1 atom stereocenters. The first-order valence-corrected chi connectivity index (χ1v) is 2.72. The monoisotopic (exact) mass is 164 g/mol. The van der Waals surface area contributed by atoms with Crippen LogP contribution in [0.5, 0.6) is 0 Å². The van der Waals surface area contributed by atoms with E-state index in [4.69, 9.17) is 5.11 Å². The number of aliphatic hydroxyl groups excluding tert-OH is 1. The van der Waals surface area contributed by atoms with Gasteiger partial charge in [0.2, 0.25) is 5.89 Å². The third-order valence-electron chi connectivity index (χ3n) is 1.07. The van der Waals surface area contributed by atoms with Crippen LogP contribution in [0.15, 0.2) is 10.9 Å². The van der Waals surface area contributed by atoms with Gasteiger partial charge in [0.05, 0.1) is 12.5 Å². The molecule has 1 unspecified atom stereocenters. The molecule has 0 aromatic carbocycles. The SMILES string of the molecule is CC(CO)c1ncno1.Cl. The molecule has 0 radical (unpaired) electrons. The number of halogens is 1. The molecule has 4 nitrogen and oxygen atoms in total. The van der Waals surface area contributed by atoms with Crippen molar-refractivity contribution in [2.24, 2.45) is 0 Å². The standard InChI is InChI=1S/C5H8N2O2.ClH/c1-4(2-8)5-6-3-7-9-5;/h3-4,8H,2H2,1H3;1H. The lowest BCUT2D eigenvalue weighted by atomic mass is 10.2. The third-order valence-corrected chi connectivity index (χ3v) is 1.07. The van der Waals surface area contributed by atoms with Gasteiger partial charge in [-0.05, 0) is 0 Å². The summed E-state index contributed by atoms with van der Waals surface area (Å²) in [5.74, 6) is 0.435. The smallest absolute Gasteiger partial charge is 0.231 e. The van der Waals surface area contributed by atoms with E-state index < -0.39 is 0 Å². The zero-order chi connectivity index (χ0) is 6.69. The summed E-state index contributed by atoms with van der Waals surface area (Å²) in [6.45, 7) is 1.86. The Bertz CT molecular complexity index is 166. The Hall–Kier alpha value is -0.610. The van der Waals surface area contributed by atoms with Gasteiger partial charge in [0.25, 0.3) is 0 Å². The minimum Gasteiger partial charge on any atom is -0.396 e. The van der Waals surface area contributed by atoms with Gasteiger partial charge in [0, 0.05) is 0 Å². The summed E-state index contributed by atoms with van der Waals surface area (Å²) in [6, 6.07) is 0. The zero-order valence-electron chi connectivity index (χ0n) is 5.52. The highest BCUT2D eigenvalue weighted by atomic mass is 35.5. The van der Waals surface area contributed by atoms with Gasteiger partial charge < -0.3 is 9.63 Å². The van der Waals surface area contributed by atoms with Crippen LogP contribution in [0.2, 0.25) is 0 Å². The lowest BCUT2D eigenvalue weighted by molar-refractivity contribution is 0.242. The second kappa shape index (κ2) is 4.24. The van der Waals surface area contributed by atoms with Crippen LogP contribution in [0.1, 0.15) is 18.7 Å². The summed E-state index contributed by atoms with van der Waals surface area (Å²) < 4.78 is 4.67. The molecule has 1 heterocycles. The van der Waals surface area contributed by atoms with Crippen LogP contribution >= 0.6 is 12.4 Å². The highest BCUT2D eigenvalue weighted by molar-refractivity contribution is 5.85. The second-order valence-corrected chi connectivity index (χ2v) is 1.86. The van der Waals surface area contributed by atoms with E-state index in [1.807, 2.05) is 6.92 Å². The Labute approximate surface area is 64.7 Å². The highest BCUT2D eigenvalue weighted by Gasteiger charge is 2.07. The minimum atomic E-state index is -0.0486. The van der Waals surface area contributed by atoms with Crippen molar-refractivity contribution in [2.75, 3.05) is 6.61 Å². The molecule has 0 aliphatic heterocycles. The molecule has 1 aromatic heterocycles. The first-order chi connectivity index (χ1) is 4.34. The fourth-order valence-corrected chi connectivity index (χ4v) is 0.477. The molecule has 0 saturated carbocycles. The number of hydrogen-bond acceptors (Lipinski definition) is 4. The number of aromatic nitrogens is 2. The fourth-order valence-electron chi connectivity index (χ4n) is 0.477. The summed E-state index contributed by atoms with van der Waals surface area (Å²) >= 11 is 0. The molecule has 5 heteroatoms. The van der Waals surface area contributed by atoms with Crippen LogP contribution < -0.4 is 0 Å². The molecule has 0 fully saturated rings. The van der Waals surface area contributed by atoms with Crippen LogP contribution in [0.3, 0.4) is 0 Å². The van der Waals surface area contributed by atoms with Crippen molar-refractivity contribution in [3.8, 4) is 0 Å². The van der Waals surface area contributed by atoms with Crippen molar-refractivity contribution >= 4 is 12.4 Å². The van der Waals surface area contributed by atoms with E-state index in [2.05, 4.69) is 14.7 Å². The molecule has 0 spiro atoms. The van der Waals surface area contributed by atoms with Crippen molar-refractivity contribution in [1.29, 1.82) is 0 Å². The van der Waals surface area contributed by atoms with Crippen LogP contribution in [-0.2, 0) is 0 Å². The molecule has 1 aromatic rings. The van der Waals surface area contributed by atoms with Gasteiger partial charge in [0.15, 0.2) is 6.33 Å². The van der Waals surface area contributed by atoms with Gasteiger partial charge in [-0.2, -0.15) is 4.98 Å². The van der Waals surface area contributed by atoms with Crippen molar-refractivity contribution in [3.63, 3.8) is 0 Å². The van der Waals surface area contributed by atoms with Gasteiger partial charge in [-0.25, -0.2) is 0 Å². The van der Waals surface area contributed by atoms with E-state index in [0.29, 0.717) is 5.89 Å². The van der Waals surface area contributed by atoms with E-state index in [1.54, 1.807) is 0 Å². The van der Waals surface area contributed by atoms with Crippen molar-refractivity contribution in [1.82, 2.24) is 10.1 Å². The lowest BCUT2D eigenvalue weighted by Gasteiger charge is -1.97. The normalized spacial score (nSPS) is 12.2. The molecule has 10 heavy (non-hydrogen) atoms. The second-order valence-electron chi connectivity index (χ2n) is 1.86. The first kappa shape index (κ1) is 9.39. The van der Waals surface area contributed by atoms with Crippen LogP contribution in [0, 0.1) is 0 Å². The van der Waals surface area contributed by atoms with E-state index in [1.165, 1.54) is 6.33 Å². The van der Waals surface area contributed by atoms with Gasteiger partial charge in [0.1, 0.15) is 0 Å². The van der Waals surface area contributed by atoms with Gasteiger partial charge in [-0.1, -0.05) is 12.1 Å². The average Bonchev–Trinajstić information content (AvgIpc) is 2.37. The van der Waals surface area contributed by atoms with E-state index in [9.17, 15) is 0 Å². The average molecular weight is 165 g/mol. The van der Waals surface area contributed by atoms with E-state index >= 15 is 0 Å². The maximum Gasteiger partial charge on any atom is 0.231 e. The molecule has 1 rings (SSSR count). The molecule has 1 N–H and O–H groups in total. The van der Waals surface area contributed by atoms with E-state index in [-0.39, 0.29) is 24.9 Å². The Morgan fingerprint density at radius 2 is 2.50 bits per heavy atom. The fraction of sp³-hybridized carbons (Fsp3) is 0.600. The summed E-state index contributed by atoms with van der Waals surface area (Å²) in [6.07, 6.45) is 1.32. The Morgan fingerprint density at radius 3 is 2.90 bits per heavy atom. The molecular formula is C5H9ClN2O2. The van der Waals surface area contributed by atoms with Crippen molar-refractivity contribution < 1.29 is 9.63 Å². The van der Waals surface area contributed by atoms with E-state index in [0.717, 1.165) is 0 Å². The third kappa shape index (κ3) is 1.97. The van der Waals surface area contributed by atoms with Gasteiger partial charge in [-0.3, -0.25) is 0 Å². The zero-order valence-corrected chi connectivity index (χ0v) is 6.34. The van der Waals surface area contributed by atoms with Crippen molar-refractivity contribution in [2.45, 2.75) is 12.8 Å². The van der Waals surface area contributed by atoms with Gasteiger partial charge in [-0.15, -0.1) is 12.4 Å². The molecule has 0 saturated heterocycles. The Balaban J connectivity index is 0.000000810. The largest absolute Gasteiger partial charge is 0.396 e. The summed E-state index contributed by atoms with van der Waals surface area (Å²) in [4.78, 5) is 3.75. The maximum absolute atomic E-state index is 8.58. The quantitative estimate of drug-likeness (QED) is 0.695. The topological polar surface area (TPSA) is 59.2 Å². The Morgan fingerprint density at radius 1 is 1.80 bits per heavy atom. The first-order valence-electron chi connectivity index (χ1n) is 2.72. The minimum absolute atomic E-state index is 0. The number of nitrogens with zero attached hydrogens (tertiary/aromatic N) is 2.